The van der Waals surface area contributed by atoms with Crippen LogP contribution in [-0.2, 0) is 16.3 Å². The van der Waals surface area contributed by atoms with Crippen molar-refractivity contribution in [1.29, 1.82) is 0 Å². The van der Waals surface area contributed by atoms with E-state index in [1.54, 1.807) is 13.4 Å². The zero-order valence-corrected chi connectivity index (χ0v) is 14.3. The van der Waals surface area contributed by atoms with Crippen LogP contribution in [-0.4, -0.2) is 49.4 Å². The molecule has 0 saturated heterocycles. The predicted molar refractivity (Wildman–Crippen MR) is 80.2 cm³/mol. The minimum absolute atomic E-state index is 0.258. The SMILES string of the molecule is CON(C)C(=O)c1ncn(COCC[Si](C)(C)C)c1C. The summed E-state index contributed by atoms with van der Waals surface area (Å²) in [5.74, 6) is -0.258. The Bertz CT molecular complexity index is 454. The summed E-state index contributed by atoms with van der Waals surface area (Å²) >= 11 is 0. The van der Waals surface area contributed by atoms with Gasteiger partial charge in [-0.2, -0.15) is 0 Å². The topological polar surface area (TPSA) is 56.6 Å². The number of hydrogen-bond donors (Lipinski definition) is 0. The first-order chi connectivity index (χ1) is 9.26. The Morgan fingerprint density at radius 3 is 2.65 bits per heavy atom. The molecule has 0 N–H and O–H groups in total. The first-order valence-electron chi connectivity index (χ1n) is 6.68. The fourth-order valence-corrected chi connectivity index (χ4v) is 2.31. The van der Waals surface area contributed by atoms with Crippen LogP contribution in [0.2, 0.25) is 25.7 Å². The third-order valence-electron chi connectivity index (χ3n) is 3.09. The van der Waals surface area contributed by atoms with Crippen LogP contribution in [0.3, 0.4) is 0 Å². The van der Waals surface area contributed by atoms with Crippen molar-refractivity contribution >= 4 is 14.0 Å². The first kappa shape index (κ1) is 16.9. The number of carbonyl (C=O) groups excluding carboxylic acids is 1. The van der Waals surface area contributed by atoms with Gasteiger partial charge in [-0.15, -0.1) is 0 Å². The minimum Gasteiger partial charge on any atom is -0.361 e. The zero-order chi connectivity index (χ0) is 15.3. The van der Waals surface area contributed by atoms with Crippen LogP contribution < -0.4 is 0 Å². The van der Waals surface area contributed by atoms with E-state index in [0.717, 1.165) is 23.4 Å². The third kappa shape index (κ3) is 4.73. The molecule has 114 valence electrons. The Hall–Kier alpha value is -1.18. The first-order valence-corrected chi connectivity index (χ1v) is 10.4. The lowest BCUT2D eigenvalue weighted by atomic mass is 10.3. The molecule has 20 heavy (non-hydrogen) atoms. The summed E-state index contributed by atoms with van der Waals surface area (Å²) in [7, 11) is 1.94. The van der Waals surface area contributed by atoms with Gasteiger partial charge < -0.3 is 9.30 Å². The van der Waals surface area contributed by atoms with Crippen LogP contribution >= 0.6 is 0 Å². The summed E-state index contributed by atoms with van der Waals surface area (Å²) < 4.78 is 7.49. The fourth-order valence-electron chi connectivity index (χ4n) is 1.56. The highest BCUT2D eigenvalue weighted by Crippen LogP contribution is 2.11. The van der Waals surface area contributed by atoms with Gasteiger partial charge in [0.1, 0.15) is 6.73 Å². The quantitative estimate of drug-likeness (QED) is 0.440. The maximum atomic E-state index is 12.0. The molecule has 0 atom stereocenters. The van der Waals surface area contributed by atoms with Crippen molar-refractivity contribution in [2.75, 3.05) is 20.8 Å². The summed E-state index contributed by atoms with van der Waals surface area (Å²) in [4.78, 5) is 21.0. The molecule has 0 aromatic carbocycles. The van der Waals surface area contributed by atoms with Crippen LogP contribution in [0.5, 0.6) is 0 Å². The number of imidazole rings is 1. The van der Waals surface area contributed by atoms with Crippen molar-refractivity contribution < 1.29 is 14.4 Å². The van der Waals surface area contributed by atoms with E-state index in [-0.39, 0.29) is 5.91 Å². The number of rotatable bonds is 7. The second-order valence-electron chi connectivity index (χ2n) is 5.98. The van der Waals surface area contributed by atoms with Crippen molar-refractivity contribution in [2.45, 2.75) is 39.3 Å². The molecule has 7 heteroatoms. The number of hydroxylamine groups is 2. The van der Waals surface area contributed by atoms with Crippen molar-refractivity contribution in [1.82, 2.24) is 14.6 Å². The van der Waals surface area contributed by atoms with Crippen molar-refractivity contribution in [2.24, 2.45) is 0 Å². The van der Waals surface area contributed by atoms with Gasteiger partial charge in [0, 0.05) is 27.4 Å². The maximum Gasteiger partial charge on any atom is 0.297 e. The summed E-state index contributed by atoms with van der Waals surface area (Å²) in [6.07, 6.45) is 1.63. The Labute approximate surface area is 121 Å². The summed E-state index contributed by atoms with van der Waals surface area (Å²) in [6, 6.07) is 1.12. The molecule has 0 radical (unpaired) electrons. The molecule has 0 unspecified atom stereocenters. The van der Waals surface area contributed by atoms with E-state index in [2.05, 4.69) is 24.6 Å². The molecule has 0 aliphatic carbocycles. The van der Waals surface area contributed by atoms with Gasteiger partial charge in [-0.3, -0.25) is 9.63 Å². The number of hydrogen-bond acceptors (Lipinski definition) is 4. The smallest absolute Gasteiger partial charge is 0.297 e. The highest BCUT2D eigenvalue weighted by molar-refractivity contribution is 6.76. The van der Waals surface area contributed by atoms with Crippen LogP contribution in [0.25, 0.3) is 0 Å². The average Bonchev–Trinajstić information content (AvgIpc) is 2.73. The van der Waals surface area contributed by atoms with Gasteiger partial charge in [-0.1, -0.05) is 19.6 Å². The standard InChI is InChI=1S/C13H25N3O3Si/c1-11-12(13(17)15(2)18-3)14-9-16(11)10-19-7-8-20(4,5)6/h9H,7-8,10H2,1-6H3. The molecule has 6 nitrogen and oxygen atoms in total. The summed E-state index contributed by atoms with van der Waals surface area (Å²) in [5.41, 5.74) is 1.18. The molecule has 0 aliphatic heterocycles. The molecule has 1 amide bonds. The van der Waals surface area contributed by atoms with Gasteiger partial charge in [-0.25, -0.2) is 10.0 Å². The predicted octanol–water partition coefficient (Wildman–Crippen LogP) is 2.14. The van der Waals surface area contributed by atoms with Gasteiger partial charge in [0.25, 0.3) is 5.91 Å². The van der Waals surface area contributed by atoms with Crippen LogP contribution in [0, 0.1) is 6.92 Å². The number of nitrogens with zero attached hydrogens (tertiary/aromatic N) is 3. The van der Waals surface area contributed by atoms with Crippen LogP contribution in [0.4, 0.5) is 0 Å². The summed E-state index contributed by atoms with van der Waals surface area (Å²) in [5, 5.41) is 1.16. The van der Waals surface area contributed by atoms with E-state index < -0.39 is 8.07 Å². The van der Waals surface area contributed by atoms with Crippen molar-refractivity contribution in [3.05, 3.63) is 17.7 Å². The number of ether oxygens (including phenoxy) is 1. The van der Waals surface area contributed by atoms with Gasteiger partial charge >= 0.3 is 0 Å². The molecule has 1 heterocycles. The minimum atomic E-state index is -1.07. The highest BCUT2D eigenvalue weighted by atomic mass is 28.3. The lowest BCUT2D eigenvalue weighted by Gasteiger charge is -2.16. The Balaban J connectivity index is 2.57. The van der Waals surface area contributed by atoms with Crippen molar-refractivity contribution in [3.8, 4) is 0 Å². The highest BCUT2D eigenvalue weighted by Gasteiger charge is 2.19. The average molecular weight is 299 g/mol. The molecule has 1 rings (SSSR count). The van der Waals surface area contributed by atoms with E-state index in [1.165, 1.54) is 7.11 Å². The van der Waals surface area contributed by atoms with Gasteiger partial charge in [0.2, 0.25) is 0 Å². The molecule has 0 spiro atoms. The lowest BCUT2D eigenvalue weighted by Crippen LogP contribution is -2.26. The second-order valence-corrected chi connectivity index (χ2v) is 11.6. The molecule has 0 fully saturated rings. The molecular formula is C13H25N3O3Si. The Morgan fingerprint density at radius 1 is 1.45 bits per heavy atom. The van der Waals surface area contributed by atoms with E-state index in [0.29, 0.717) is 12.4 Å². The third-order valence-corrected chi connectivity index (χ3v) is 4.79. The van der Waals surface area contributed by atoms with Crippen molar-refractivity contribution in [3.63, 3.8) is 0 Å². The Kier molecular flexibility index (Phi) is 5.91. The van der Waals surface area contributed by atoms with E-state index in [1.807, 2.05) is 11.5 Å². The number of amides is 1. The maximum absolute atomic E-state index is 12.0. The van der Waals surface area contributed by atoms with Crippen LogP contribution in [0.15, 0.2) is 6.33 Å². The van der Waals surface area contributed by atoms with Gasteiger partial charge in [0.15, 0.2) is 5.69 Å². The van der Waals surface area contributed by atoms with Gasteiger partial charge in [0.05, 0.1) is 13.4 Å². The number of aromatic nitrogens is 2. The molecule has 0 saturated carbocycles. The zero-order valence-electron chi connectivity index (χ0n) is 13.3. The van der Waals surface area contributed by atoms with Gasteiger partial charge in [-0.05, 0) is 13.0 Å². The lowest BCUT2D eigenvalue weighted by molar-refractivity contribution is -0.0760. The number of carbonyl (C=O) groups is 1. The van der Waals surface area contributed by atoms with E-state index >= 15 is 0 Å². The second kappa shape index (κ2) is 7.01. The molecular weight excluding hydrogens is 274 g/mol. The van der Waals surface area contributed by atoms with Crippen LogP contribution in [0.1, 0.15) is 16.2 Å². The molecule has 1 aromatic heterocycles. The summed E-state index contributed by atoms with van der Waals surface area (Å²) in [6.45, 7) is 9.97. The van der Waals surface area contributed by atoms with E-state index in [9.17, 15) is 4.79 Å². The normalized spacial score (nSPS) is 11.7. The molecule has 0 bridgehead atoms. The fraction of sp³-hybridized carbons (Fsp3) is 0.692. The molecule has 1 aromatic rings. The van der Waals surface area contributed by atoms with E-state index in [4.69, 9.17) is 9.57 Å². The monoisotopic (exact) mass is 299 g/mol. The Morgan fingerprint density at radius 2 is 2.10 bits per heavy atom. The molecule has 0 aliphatic rings. The largest absolute Gasteiger partial charge is 0.361 e.